The summed E-state index contributed by atoms with van der Waals surface area (Å²) in [5.41, 5.74) is 2.47. The van der Waals surface area contributed by atoms with E-state index in [2.05, 4.69) is 18.7 Å². The summed E-state index contributed by atoms with van der Waals surface area (Å²) in [4.78, 5) is 31.9. The maximum Gasteiger partial charge on any atom is 0.253 e. The van der Waals surface area contributed by atoms with Crippen molar-refractivity contribution in [1.82, 2.24) is 14.1 Å². The van der Waals surface area contributed by atoms with Crippen LogP contribution in [-0.2, 0) is 21.4 Å². The highest BCUT2D eigenvalue weighted by Crippen LogP contribution is 2.27. The molecule has 0 radical (unpaired) electrons. The summed E-state index contributed by atoms with van der Waals surface area (Å²) in [7, 11) is -3.25. The van der Waals surface area contributed by atoms with Gasteiger partial charge in [-0.1, -0.05) is 19.3 Å². The second-order valence-corrected chi connectivity index (χ2v) is 11.8. The Kier molecular flexibility index (Phi) is 9.12. The molecule has 1 aromatic carbocycles. The first-order chi connectivity index (χ1) is 16.1. The topological polar surface area (TPSA) is 81.2 Å². The van der Waals surface area contributed by atoms with E-state index in [0.29, 0.717) is 50.9 Å². The molecule has 0 aromatic heterocycles. The quantitative estimate of drug-likeness (QED) is 0.648. The molecule has 9 heteroatoms. The Morgan fingerprint density at radius 3 is 2.09 bits per heavy atom. The van der Waals surface area contributed by atoms with Crippen LogP contribution in [0.25, 0.3) is 0 Å². The number of anilines is 1. The number of hydrogen-bond donors (Lipinski definition) is 0. The van der Waals surface area contributed by atoms with Gasteiger partial charge < -0.3 is 9.80 Å². The molecule has 0 N–H and O–H groups in total. The van der Waals surface area contributed by atoms with Crippen LogP contribution in [0.1, 0.15) is 68.8 Å². The highest BCUT2D eigenvalue weighted by atomic mass is 32.2. The number of rotatable bonds is 3. The molecule has 1 fully saturated rings. The zero-order chi connectivity index (χ0) is 24.9. The van der Waals surface area contributed by atoms with Gasteiger partial charge in [0.15, 0.2) is 0 Å². The summed E-state index contributed by atoms with van der Waals surface area (Å²) in [6.07, 6.45) is 6.80. The molecule has 0 spiro atoms. The fourth-order valence-corrected chi connectivity index (χ4v) is 5.64. The lowest BCUT2D eigenvalue weighted by Gasteiger charge is -2.34. The predicted octanol–water partition coefficient (Wildman–Crippen LogP) is 2.93. The summed E-state index contributed by atoms with van der Waals surface area (Å²) in [6, 6.07) is 6.02. The standard InChI is InChI=1S/C25H40N4O4S/c1-20(2)27-12-8-6-5-7-9-13-29(21(3)30)24-11-10-22(18-23(24)19-27)25(31)26-14-16-28(17-15-26)34(4,32)33/h10-11,18,20H,5-9,12-17,19H2,1-4H3. The van der Waals surface area contributed by atoms with Gasteiger partial charge in [-0.25, -0.2) is 8.42 Å². The first kappa shape index (κ1) is 26.6. The molecule has 1 saturated heterocycles. The normalized spacial score (nSPS) is 19.9. The van der Waals surface area contributed by atoms with E-state index in [0.717, 1.165) is 37.1 Å². The zero-order valence-corrected chi connectivity index (χ0v) is 21.9. The first-order valence-corrected chi connectivity index (χ1v) is 14.3. The number of fused-ring (bicyclic) bond motifs is 1. The molecule has 0 aliphatic carbocycles. The molecule has 2 amide bonds. The van der Waals surface area contributed by atoms with Gasteiger partial charge in [-0.2, -0.15) is 4.31 Å². The molecular weight excluding hydrogens is 452 g/mol. The van der Waals surface area contributed by atoms with Crippen molar-refractivity contribution >= 4 is 27.5 Å². The fourth-order valence-electron chi connectivity index (χ4n) is 4.82. The van der Waals surface area contributed by atoms with Gasteiger partial charge in [0, 0.05) is 63.5 Å². The lowest BCUT2D eigenvalue weighted by Crippen LogP contribution is -2.50. The molecule has 8 nitrogen and oxygen atoms in total. The predicted molar refractivity (Wildman–Crippen MR) is 135 cm³/mol. The minimum atomic E-state index is -3.25. The average molecular weight is 493 g/mol. The summed E-state index contributed by atoms with van der Waals surface area (Å²) < 4.78 is 25.0. The van der Waals surface area contributed by atoms with Crippen LogP contribution in [0.3, 0.4) is 0 Å². The molecule has 2 aliphatic heterocycles. The van der Waals surface area contributed by atoms with Crippen molar-refractivity contribution in [3.8, 4) is 0 Å². The number of nitrogens with zero attached hydrogens (tertiary/aromatic N) is 4. The van der Waals surface area contributed by atoms with E-state index in [1.165, 1.54) is 23.4 Å². The number of carbonyl (C=O) groups is 2. The van der Waals surface area contributed by atoms with E-state index >= 15 is 0 Å². The summed E-state index contributed by atoms with van der Waals surface area (Å²) in [5.74, 6) is -0.0714. The van der Waals surface area contributed by atoms with Gasteiger partial charge in [-0.15, -0.1) is 0 Å². The number of piperazine rings is 1. The molecule has 2 heterocycles. The number of sulfonamides is 1. The van der Waals surface area contributed by atoms with Crippen LogP contribution >= 0.6 is 0 Å². The van der Waals surface area contributed by atoms with E-state index < -0.39 is 10.0 Å². The van der Waals surface area contributed by atoms with Gasteiger partial charge in [0.25, 0.3) is 5.91 Å². The Hall–Kier alpha value is -1.97. The van der Waals surface area contributed by atoms with E-state index in [4.69, 9.17) is 0 Å². The Bertz CT molecular complexity index is 971. The van der Waals surface area contributed by atoms with Crippen LogP contribution < -0.4 is 4.90 Å². The minimum Gasteiger partial charge on any atom is -0.336 e. The van der Waals surface area contributed by atoms with E-state index in [1.807, 2.05) is 23.1 Å². The first-order valence-electron chi connectivity index (χ1n) is 12.5. The van der Waals surface area contributed by atoms with Gasteiger partial charge in [-0.3, -0.25) is 14.5 Å². The molecule has 3 rings (SSSR count). The van der Waals surface area contributed by atoms with Gasteiger partial charge in [0.1, 0.15) is 0 Å². The molecule has 34 heavy (non-hydrogen) atoms. The van der Waals surface area contributed by atoms with Gasteiger partial charge in [0.2, 0.25) is 15.9 Å². The third-order valence-corrected chi connectivity index (χ3v) is 8.23. The number of benzene rings is 1. The monoisotopic (exact) mass is 492 g/mol. The average Bonchev–Trinajstić information content (AvgIpc) is 2.78. The highest BCUT2D eigenvalue weighted by molar-refractivity contribution is 7.88. The Balaban J connectivity index is 1.90. The van der Waals surface area contributed by atoms with E-state index in [9.17, 15) is 18.0 Å². The van der Waals surface area contributed by atoms with Crippen molar-refractivity contribution in [2.24, 2.45) is 0 Å². The molecule has 2 aliphatic rings. The van der Waals surface area contributed by atoms with Crippen LogP contribution in [-0.4, -0.2) is 85.9 Å². The van der Waals surface area contributed by atoms with Crippen molar-refractivity contribution < 1.29 is 18.0 Å². The van der Waals surface area contributed by atoms with E-state index in [1.54, 1.807) is 11.8 Å². The smallest absolute Gasteiger partial charge is 0.253 e. The second-order valence-electron chi connectivity index (χ2n) is 9.80. The lowest BCUT2D eigenvalue weighted by atomic mass is 10.0. The number of carbonyl (C=O) groups excluding carboxylic acids is 2. The fraction of sp³-hybridized carbons (Fsp3) is 0.680. The largest absolute Gasteiger partial charge is 0.336 e. The Morgan fingerprint density at radius 2 is 1.50 bits per heavy atom. The minimum absolute atomic E-state index is 0.0189. The summed E-state index contributed by atoms with van der Waals surface area (Å²) >= 11 is 0. The van der Waals surface area contributed by atoms with Gasteiger partial charge in [0.05, 0.1) is 6.26 Å². The highest BCUT2D eigenvalue weighted by Gasteiger charge is 2.28. The molecule has 190 valence electrons. The maximum atomic E-state index is 13.3. The van der Waals surface area contributed by atoms with E-state index in [-0.39, 0.29) is 11.8 Å². The molecular formula is C25H40N4O4S. The van der Waals surface area contributed by atoms with Crippen LogP contribution in [0.5, 0.6) is 0 Å². The number of amides is 2. The molecule has 0 saturated carbocycles. The van der Waals surface area contributed by atoms with Crippen LogP contribution in [0.2, 0.25) is 0 Å². The van der Waals surface area contributed by atoms with Crippen molar-refractivity contribution in [3.63, 3.8) is 0 Å². The molecule has 1 aromatic rings. The third kappa shape index (κ3) is 6.79. The molecule has 0 bridgehead atoms. The van der Waals surface area contributed by atoms with Crippen molar-refractivity contribution in [2.75, 3.05) is 50.4 Å². The number of hydrogen-bond acceptors (Lipinski definition) is 5. The third-order valence-electron chi connectivity index (χ3n) is 6.92. The zero-order valence-electron chi connectivity index (χ0n) is 21.1. The van der Waals surface area contributed by atoms with Crippen molar-refractivity contribution in [2.45, 2.75) is 65.5 Å². The summed E-state index contributed by atoms with van der Waals surface area (Å²) in [5, 5.41) is 0. The Morgan fingerprint density at radius 1 is 0.882 bits per heavy atom. The van der Waals surface area contributed by atoms with Crippen molar-refractivity contribution in [3.05, 3.63) is 29.3 Å². The molecule has 0 unspecified atom stereocenters. The second kappa shape index (κ2) is 11.6. The Labute approximate surface area is 204 Å². The summed E-state index contributed by atoms with van der Waals surface area (Å²) in [6.45, 7) is 9.71. The van der Waals surface area contributed by atoms with Crippen LogP contribution in [0.15, 0.2) is 18.2 Å². The van der Waals surface area contributed by atoms with Gasteiger partial charge >= 0.3 is 0 Å². The van der Waals surface area contributed by atoms with Crippen molar-refractivity contribution in [1.29, 1.82) is 0 Å². The van der Waals surface area contributed by atoms with Gasteiger partial charge in [-0.05, 0) is 57.0 Å². The van der Waals surface area contributed by atoms with Crippen LogP contribution in [0, 0.1) is 0 Å². The maximum absolute atomic E-state index is 13.3. The molecule has 0 atom stereocenters. The SMILES string of the molecule is CC(=O)N1CCCCCCCN(C(C)C)Cc2cc(C(=O)N3CCN(S(C)(=O)=O)CC3)ccc21. The van der Waals surface area contributed by atoms with Crippen LogP contribution in [0.4, 0.5) is 5.69 Å². The lowest BCUT2D eigenvalue weighted by molar-refractivity contribution is -0.116.